The molecule has 1 aromatic heterocycles. The number of aryl methyl sites for hydroxylation is 1. The Morgan fingerprint density at radius 3 is 2.42 bits per heavy atom. The predicted octanol–water partition coefficient (Wildman–Crippen LogP) is 4.22. The summed E-state index contributed by atoms with van der Waals surface area (Å²) < 4.78 is 67.8. The highest BCUT2D eigenvalue weighted by molar-refractivity contribution is 7.92. The number of halogens is 1. The van der Waals surface area contributed by atoms with E-state index in [2.05, 4.69) is 4.72 Å². The average molecular weight is 496 g/mol. The number of nitrogens with one attached hydrogen (secondary N) is 1. The van der Waals surface area contributed by atoms with Crippen molar-refractivity contribution in [3.63, 3.8) is 0 Å². The van der Waals surface area contributed by atoms with Crippen LogP contribution in [0.25, 0.3) is 11.1 Å². The molecule has 1 heterocycles. The minimum atomic E-state index is -4.23. The second kappa shape index (κ2) is 9.31. The van der Waals surface area contributed by atoms with Crippen molar-refractivity contribution in [2.75, 3.05) is 10.5 Å². The number of benzene rings is 1. The highest BCUT2D eigenvalue weighted by Gasteiger charge is 2.33. The van der Waals surface area contributed by atoms with Gasteiger partial charge >= 0.3 is 0 Å². The summed E-state index contributed by atoms with van der Waals surface area (Å²) in [5.74, 6) is -0.825. The number of hydrogen-bond donors (Lipinski definition) is 2. The Morgan fingerprint density at radius 1 is 1.06 bits per heavy atom. The Kier molecular flexibility index (Phi) is 6.80. The summed E-state index contributed by atoms with van der Waals surface area (Å²) in [7, 11) is -7.83. The first-order valence-electron chi connectivity index (χ1n) is 11.5. The van der Waals surface area contributed by atoms with Gasteiger partial charge in [-0.1, -0.05) is 19.3 Å². The number of nitrogens with two attached hydrogens (primary N) is 1. The Labute approximate surface area is 195 Å². The van der Waals surface area contributed by atoms with Crippen molar-refractivity contribution < 1.29 is 21.2 Å². The zero-order chi connectivity index (χ0) is 23.8. The summed E-state index contributed by atoms with van der Waals surface area (Å²) in [5.41, 5.74) is 2.38. The molecule has 3 N–H and O–H groups in total. The predicted molar refractivity (Wildman–Crippen MR) is 127 cm³/mol. The van der Waals surface area contributed by atoms with E-state index in [1.807, 2.05) is 0 Å². The van der Waals surface area contributed by atoms with Gasteiger partial charge in [-0.15, -0.1) is 0 Å². The molecule has 1 saturated carbocycles. The Morgan fingerprint density at radius 2 is 1.76 bits per heavy atom. The molecule has 0 spiro atoms. The lowest BCUT2D eigenvalue weighted by molar-refractivity contribution is 0.429. The molecule has 1 aromatic carbocycles. The van der Waals surface area contributed by atoms with E-state index >= 15 is 4.39 Å². The molecule has 0 unspecified atom stereocenters. The van der Waals surface area contributed by atoms with E-state index in [1.165, 1.54) is 19.1 Å². The third-order valence-electron chi connectivity index (χ3n) is 6.62. The van der Waals surface area contributed by atoms with Crippen LogP contribution in [0.1, 0.15) is 74.7 Å². The number of fused-ring (bicyclic) bond motifs is 1. The quantitative estimate of drug-likeness (QED) is 0.622. The maximum Gasteiger partial charge on any atom is 0.240 e. The van der Waals surface area contributed by atoms with Gasteiger partial charge in [-0.3, -0.25) is 9.71 Å². The van der Waals surface area contributed by atoms with Crippen molar-refractivity contribution in [3.05, 3.63) is 41.0 Å². The van der Waals surface area contributed by atoms with E-state index in [1.54, 1.807) is 0 Å². The topological polar surface area (TPSA) is 119 Å². The Hall–Kier alpha value is -2.04. The van der Waals surface area contributed by atoms with E-state index in [4.69, 9.17) is 10.1 Å². The molecule has 2 aliphatic rings. The number of primary sulfonamides is 1. The van der Waals surface area contributed by atoms with Gasteiger partial charge in [-0.25, -0.2) is 26.4 Å². The number of pyridine rings is 1. The van der Waals surface area contributed by atoms with Gasteiger partial charge in [0.15, 0.2) is 0 Å². The van der Waals surface area contributed by atoms with Gasteiger partial charge in [0.1, 0.15) is 10.7 Å². The molecular formula is C23H30FN3O4S2. The molecule has 33 heavy (non-hydrogen) atoms. The molecule has 1 fully saturated rings. The van der Waals surface area contributed by atoms with E-state index < -0.39 is 25.9 Å². The molecule has 0 aliphatic heterocycles. The van der Waals surface area contributed by atoms with Crippen LogP contribution in [0.2, 0.25) is 0 Å². The average Bonchev–Trinajstić information content (AvgIpc) is 2.79. The fourth-order valence-electron chi connectivity index (χ4n) is 5.00. The minimum Gasteiger partial charge on any atom is -0.284 e. The number of nitrogens with zero attached hydrogens (tertiary/aromatic N) is 1. The third-order valence-corrected chi connectivity index (χ3v) is 8.91. The zero-order valence-electron chi connectivity index (χ0n) is 18.7. The van der Waals surface area contributed by atoms with Gasteiger partial charge in [0.05, 0.1) is 11.4 Å². The van der Waals surface area contributed by atoms with Crippen LogP contribution in [0.3, 0.4) is 0 Å². The van der Waals surface area contributed by atoms with E-state index in [9.17, 15) is 16.8 Å². The standard InChI is InChI=1S/C23H30FN3O4S2/c1-2-32(28,29)27-16-12-13-19(24)18(14-16)21-17-10-6-7-11-20(17)26-22(23(21)33(25,30)31)15-8-4-3-5-9-15/h12-15,27H,2-11H2,1H3,(H2,25,30,31). The van der Waals surface area contributed by atoms with Crippen LogP contribution in [0.15, 0.2) is 23.1 Å². The van der Waals surface area contributed by atoms with Crippen molar-refractivity contribution in [1.82, 2.24) is 4.98 Å². The second-order valence-electron chi connectivity index (χ2n) is 8.91. The zero-order valence-corrected chi connectivity index (χ0v) is 20.4. The molecule has 0 radical (unpaired) electrons. The number of anilines is 1. The molecule has 4 rings (SSSR count). The lowest BCUT2D eigenvalue weighted by atomic mass is 9.83. The lowest BCUT2D eigenvalue weighted by Gasteiger charge is -2.28. The molecule has 0 atom stereocenters. The summed E-state index contributed by atoms with van der Waals surface area (Å²) in [5, 5.41) is 5.75. The lowest BCUT2D eigenvalue weighted by Crippen LogP contribution is -2.23. The maximum atomic E-state index is 15.2. The van der Waals surface area contributed by atoms with Crippen molar-refractivity contribution in [2.45, 2.75) is 75.5 Å². The van der Waals surface area contributed by atoms with Crippen molar-refractivity contribution in [2.24, 2.45) is 5.14 Å². The number of rotatable bonds is 6. The van der Waals surface area contributed by atoms with E-state index in [0.717, 1.165) is 56.7 Å². The monoisotopic (exact) mass is 495 g/mol. The molecule has 7 nitrogen and oxygen atoms in total. The van der Waals surface area contributed by atoms with Crippen LogP contribution in [0.4, 0.5) is 10.1 Å². The molecule has 2 aromatic rings. The molecule has 10 heteroatoms. The van der Waals surface area contributed by atoms with E-state index in [-0.39, 0.29) is 33.4 Å². The number of sulfonamides is 2. The van der Waals surface area contributed by atoms with Gasteiger partial charge in [-0.2, -0.15) is 0 Å². The summed E-state index contributed by atoms with van der Waals surface area (Å²) in [6.45, 7) is 1.50. The normalized spacial score (nSPS) is 17.5. The fourth-order valence-corrected chi connectivity index (χ4v) is 6.65. The molecular weight excluding hydrogens is 465 g/mol. The Balaban J connectivity index is 2.01. The largest absolute Gasteiger partial charge is 0.284 e. The third kappa shape index (κ3) is 5.07. The number of aromatic nitrogens is 1. The molecule has 0 bridgehead atoms. The second-order valence-corrected chi connectivity index (χ2v) is 12.4. The van der Waals surface area contributed by atoms with Crippen molar-refractivity contribution >= 4 is 25.7 Å². The Bertz CT molecular complexity index is 1270. The van der Waals surface area contributed by atoms with Crippen LogP contribution < -0.4 is 9.86 Å². The minimum absolute atomic E-state index is 0.0351. The van der Waals surface area contributed by atoms with Crippen LogP contribution in [0.5, 0.6) is 0 Å². The summed E-state index contributed by atoms with van der Waals surface area (Å²) in [6, 6.07) is 3.86. The van der Waals surface area contributed by atoms with Crippen LogP contribution >= 0.6 is 0 Å². The van der Waals surface area contributed by atoms with Gasteiger partial charge < -0.3 is 0 Å². The molecule has 180 valence electrons. The van der Waals surface area contributed by atoms with Gasteiger partial charge in [0.25, 0.3) is 0 Å². The summed E-state index contributed by atoms with van der Waals surface area (Å²) in [6.07, 6.45) is 7.69. The van der Waals surface area contributed by atoms with Crippen LogP contribution in [-0.2, 0) is 32.9 Å². The van der Waals surface area contributed by atoms with Gasteiger partial charge in [0, 0.05) is 28.4 Å². The maximum absolute atomic E-state index is 15.2. The highest BCUT2D eigenvalue weighted by atomic mass is 32.2. The molecule has 0 saturated heterocycles. The van der Waals surface area contributed by atoms with Crippen LogP contribution in [-0.4, -0.2) is 27.6 Å². The first kappa shape index (κ1) is 24.1. The molecule has 0 amide bonds. The highest BCUT2D eigenvalue weighted by Crippen LogP contribution is 2.43. The van der Waals surface area contributed by atoms with Gasteiger partial charge in [0.2, 0.25) is 20.0 Å². The van der Waals surface area contributed by atoms with Gasteiger partial charge in [-0.05, 0) is 69.2 Å². The SMILES string of the molecule is CCS(=O)(=O)Nc1ccc(F)c(-c2c3c(nc(C4CCCCC4)c2S(N)(=O)=O)CCCC3)c1. The first-order chi connectivity index (χ1) is 15.6. The van der Waals surface area contributed by atoms with Crippen molar-refractivity contribution in [1.29, 1.82) is 0 Å². The van der Waals surface area contributed by atoms with E-state index in [0.29, 0.717) is 24.1 Å². The van der Waals surface area contributed by atoms with Crippen LogP contribution in [0, 0.1) is 5.82 Å². The fraction of sp³-hybridized carbons (Fsp3) is 0.522. The first-order valence-corrected chi connectivity index (χ1v) is 14.7. The van der Waals surface area contributed by atoms with Crippen molar-refractivity contribution in [3.8, 4) is 11.1 Å². The summed E-state index contributed by atoms with van der Waals surface area (Å²) >= 11 is 0. The number of hydrogen-bond acceptors (Lipinski definition) is 5. The summed E-state index contributed by atoms with van der Waals surface area (Å²) in [4.78, 5) is 4.71. The smallest absolute Gasteiger partial charge is 0.240 e. The molecule has 2 aliphatic carbocycles.